The molecule has 0 aliphatic carbocycles. The Balaban J connectivity index is 2.97. The number of carbonyl (C=O) groups is 2. The summed E-state index contributed by atoms with van der Waals surface area (Å²) in [7, 11) is -3.33. The van der Waals surface area contributed by atoms with Crippen LogP contribution in [0.2, 0.25) is 0 Å². The van der Waals surface area contributed by atoms with Gasteiger partial charge in [-0.1, -0.05) is 20.8 Å². The maximum absolute atomic E-state index is 12.0. The van der Waals surface area contributed by atoms with E-state index in [0.29, 0.717) is 0 Å². The number of sulfone groups is 1. The van der Waals surface area contributed by atoms with Crippen LogP contribution in [0.4, 0.5) is 0 Å². The van der Waals surface area contributed by atoms with Crippen molar-refractivity contribution < 1.29 is 23.1 Å². The Morgan fingerprint density at radius 3 is 1.95 bits per heavy atom. The normalized spacial score (nSPS) is 13.5. The molecule has 0 bridgehead atoms. The molecule has 1 aromatic rings. The Hall–Kier alpha value is -1.89. The zero-order valence-corrected chi connectivity index (χ0v) is 13.2. The highest BCUT2D eigenvalue weighted by atomic mass is 32.2. The van der Waals surface area contributed by atoms with Gasteiger partial charge in [-0.05, 0) is 29.7 Å². The van der Waals surface area contributed by atoms with Crippen LogP contribution in [0, 0.1) is 5.41 Å². The van der Waals surface area contributed by atoms with Crippen molar-refractivity contribution in [2.45, 2.75) is 31.7 Å². The third-order valence-electron chi connectivity index (χ3n) is 2.93. The van der Waals surface area contributed by atoms with Crippen LogP contribution in [0.15, 0.2) is 29.2 Å². The minimum Gasteiger partial charge on any atom is -0.480 e. The maximum atomic E-state index is 12.0. The van der Waals surface area contributed by atoms with E-state index in [0.717, 1.165) is 6.26 Å². The van der Waals surface area contributed by atoms with Gasteiger partial charge in [0, 0.05) is 11.8 Å². The van der Waals surface area contributed by atoms with Crippen LogP contribution < -0.4 is 5.32 Å². The quantitative estimate of drug-likeness (QED) is 0.873. The molecule has 0 aliphatic heterocycles. The molecule has 2 N–H and O–H groups in total. The summed E-state index contributed by atoms with van der Waals surface area (Å²) in [6.45, 7) is 5.12. The molecule has 0 saturated carbocycles. The summed E-state index contributed by atoms with van der Waals surface area (Å²) in [6.07, 6.45) is 1.07. The standard InChI is InChI=1S/C14H19NO5S/c1-14(2,3)11(13(17)18)15-12(16)9-5-7-10(8-6-9)21(4,19)20/h5-8,11H,1-4H3,(H,15,16)(H,17,18). The third-order valence-corrected chi connectivity index (χ3v) is 4.06. The van der Waals surface area contributed by atoms with Crippen molar-refractivity contribution in [2.75, 3.05) is 6.26 Å². The molecule has 0 radical (unpaired) electrons. The van der Waals surface area contributed by atoms with Gasteiger partial charge < -0.3 is 10.4 Å². The summed E-state index contributed by atoms with van der Waals surface area (Å²) in [6, 6.07) is 4.30. The highest BCUT2D eigenvalue weighted by Gasteiger charge is 2.32. The molecule has 1 aromatic carbocycles. The topological polar surface area (TPSA) is 101 Å². The van der Waals surface area contributed by atoms with Crippen molar-refractivity contribution in [1.82, 2.24) is 5.32 Å². The molecular formula is C14H19NO5S. The average molecular weight is 313 g/mol. The number of aliphatic carboxylic acids is 1. The second-order valence-corrected chi connectivity index (χ2v) is 7.92. The highest BCUT2D eigenvalue weighted by molar-refractivity contribution is 7.90. The molecular weight excluding hydrogens is 294 g/mol. The van der Waals surface area contributed by atoms with Crippen molar-refractivity contribution in [3.05, 3.63) is 29.8 Å². The lowest BCUT2D eigenvalue weighted by Crippen LogP contribution is -2.49. The second-order valence-electron chi connectivity index (χ2n) is 5.91. The number of carboxylic acid groups (broad SMARTS) is 1. The minimum absolute atomic E-state index is 0.102. The lowest BCUT2D eigenvalue weighted by molar-refractivity contribution is -0.142. The number of carboxylic acids is 1. The fourth-order valence-electron chi connectivity index (χ4n) is 1.72. The molecule has 7 heteroatoms. The van der Waals surface area contributed by atoms with Gasteiger partial charge >= 0.3 is 5.97 Å². The van der Waals surface area contributed by atoms with E-state index in [1.54, 1.807) is 20.8 Å². The Morgan fingerprint density at radius 1 is 1.14 bits per heavy atom. The highest BCUT2D eigenvalue weighted by Crippen LogP contribution is 2.20. The van der Waals surface area contributed by atoms with Crippen molar-refractivity contribution in [2.24, 2.45) is 5.41 Å². The molecule has 1 rings (SSSR count). The van der Waals surface area contributed by atoms with E-state index in [4.69, 9.17) is 5.11 Å². The van der Waals surface area contributed by atoms with Crippen molar-refractivity contribution >= 4 is 21.7 Å². The summed E-state index contributed by atoms with van der Waals surface area (Å²) in [5.74, 6) is -1.68. The number of rotatable bonds is 4. The number of hydrogen-bond donors (Lipinski definition) is 2. The van der Waals surface area contributed by atoms with Gasteiger partial charge in [0.25, 0.3) is 5.91 Å². The number of carbonyl (C=O) groups excluding carboxylic acids is 1. The predicted octanol–water partition coefficient (Wildman–Crippen LogP) is 1.32. The molecule has 21 heavy (non-hydrogen) atoms. The average Bonchev–Trinajstić information content (AvgIpc) is 2.33. The van der Waals surface area contributed by atoms with E-state index in [1.807, 2.05) is 0 Å². The van der Waals surface area contributed by atoms with Gasteiger partial charge in [-0.15, -0.1) is 0 Å². The van der Waals surface area contributed by atoms with Crippen LogP contribution in [0.1, 0.15) is 31.1 Å². The van der Waals surface area contributed by atoms with E-state index in [9.17, 15) is 18.0 Å². The van der Waals surface area contributed by atoms with Crippen molar-refractivity contribution in [3.8, 4) is 0 Å². The molecule has 0 heterocycles. The molecule has 0 aromatic heterocycles. The van der Waals surface area contributed by atoms with Crippen LogP contribution in [-0.2, 0) is 14.6 Å². The van der Waals surface area contributed by atoms with Gasteiger partial charge in [0.1, 0.15) is 6.04 Å². The first-order chi connectivity index (χ1) is 9.43. The van der Waals surface area contributed by atoms with Gasteiger partial charge in [-0.25, -0.2) is 13.2 Å². The smallest absolute Gasteiger partial charge is 0.326 e. The van der Waals surface area contributed by atoms with Gasteiger partial charge in [-0.3, -0.25) is 4.79 Å². The zero-order valence-electron chi connectivity index (χ0n) is 12.4. The molecule has 1 atom stereocenters. The largest absolute Gasteiger partial charge is 0.480 e. The summed E-state index contributed by atoms with van der Waals surface area (Å²) in [5, 5.41) is 11.6. The van der Waals surface area contributed by atoms with Crippen LogP contribution in [-0.4, -0.2) is 37.7 Å². The van der Waals surface area contributed by atoms with E-state index in [-0.39, 0.29) is 10.5 Å². The molecule has 0 fully saturated rings. The molecule has 0 spiro atoms. The molecule has 0 saturated heterocycles. The third kappa shape index (κ3) is 4.56. The fourth-order valence-corrected chi connectivity index (χ4v) is 2.35. The molecule has 1 amide bonds. The Labute approximate surface area is 124 Å². The summed E-state index contributed by atoms with van der Waals surface area (Å²) >= 11 is 0. The Kier molecular flexibility index (Phi) is 4.78. The van der Waals surface area contributed by atoms with Crippen LogP contribution in [0.5, 0.6) is 0 Å². The van der Waals surface area contributed by atoms with Gasteiger partial charge in [-0.2, -0.15) is 0 Å². The molecule has 1 unspecified atom stereocenters. The van der Waals surface area contributed by atoms with E-state index < -0.39 is 33.2 Å². The summed E-state index contributed by atoms with van der Waals surface area (Å²) < 4.78 is 22.7. The van der Waals surface area contributed by atoms with E-state index in [1.165, 1.54) is 24.3 Å². The number of amides is 1. The van der Waals surface area contributed by atoms with E-state index in [2.05, 4.69) is 5.32 Å². The van der Waals surface area contributed by atoms with Crippen molar-refractivity contribution in [1.29, 1.82) is 0 Å². The lowest BCUT2D eigenvalue weighted by Gasteiger charge is -2.27. The molecule has 116 valence electrons. The monoisotopic (exact) mass is 313 g/mol. The van der Waals surface area contributed by atoms with Crippen LogP contribution in [0.25, 0.3) is 0 Å². The Morgan fingerprint density at radius 2 is 1.62 bits per heavy atom. The first kappa shape index (κ1) is 17.2. The number of benzene rings is 1. The number of hydrogen-bond acceptors (Lipinski definition) is 4. The minimum atomic E-state index is -3.33. The van der Waals surface area contributed by atoms with Crippen LogP contribution in [0.3, 0.4) is 0 Å². The van der Waals surface area contributed by atoms with Gasteiger partial charge in [0.2, 0.25) is 0 Å². The zero-order chi connectivity index (χ0) is 16.4. The molecule has 0 aliphatic rings. The first-order valence-electron chi connectivity index (χ1n) is 6.26. The summed E-state index contributed by atoms with van der Waals surface area (Å²) in [5.41, 5.74) is -0.438. The first-order valence-corrected chi connectivity index (χ1v) is 8.16. The fraction of sp³-hybridized carbons (Fsp3) is 0.429. The van der Waals surface area contributed by atoms with Crippen LogP contribution >= 0.6 is 0 Å². The summed E-state index contributed by atoms with van der Waals surface area (Å²) in [4.78, 5) is 23.3. The predicted molar refractivity (Wildman–Crippen MR) is 77.9 cm³/mol. The lowest BCUT2D eigenvalue weighted by atomic mass is 9.86. The van der Waals surface area contributed by atoms with Crippen molar-refractivity contribution in [3.63, 3.8) is 0 Å². The SMILES string of the molecule is CC(C)(C)C(NC(=O)c1ccc(S(C)(=O)=O)cc1)C(=O)O. The Bertz CT molecular complexity index is 641. The molecule has 6 nitrogen and oxygen atoms in total. The van der Waals surface area contributed by atoms with Gasteiger partial charge in [0.05, 0.1) is 4.90 Å². The maximum Gasteiger partial charge on any atom is 0.326 e. The van der Waals surface area contributed by atoms with E-state index >= 15 is 0 Å². The second kappa shape index (κ2) is 5.85. The number of nitrogens with one attached hydrogen (secondary N) is 1. The van der Waals surface area contributed by atoms with Gasteiger partial charge in [0.15, 0.2) is 9.84 Å².